The molecular weight excluding hydrogens is 298 g/mol. The number of aryl methyl sites for hydroxylation is 1. The van der Waals surface area contributed by atoms with Crippen LogP contribution in [0.25, 0.3) is 0 Å². The van der Waals surface area contributed by atoms with E-state index in [2.05, 4.69) is 11.4 Å². The summed E-state index contributed by atoms with van der Waals surface area (Å²) in [5, 5.41) is 3.36. The number of rotatable bonds is 2. The molecule has 1 N–H and O–H groups in total. The van der Waals surface area contributed by atoms with Gasteiger partial charge < -0.3 is 10.1 Å². The maximum atomic E-state index is 12.8. The molecule has 1 aliphatic heterocycles. The van der Waals surface area contributed by atoms with Crippen molar-refractivity contribution < 1.29 is 14.3 Å². The molecule has 0 bridgehead atoms. The minimum atomic E-state index is -0.681. The van der Waals surface area contributed by atoms with Crippen molar-refractivity contribution in [2.45, 2.75) is 32.1 Å². The molecule has 0 fully saturated rings. The number of esters is 1. The summed E-state index contributed by atoms with van der Waals surface area (Å²) in [6.45, 7) is 6.02. The molecule has 2 atom stereocenters. The number of thioether (sulfide) groups is 1. The van der Waals surface area contributed by atoms with Crippen molar-refractivity contribution >= 4 is 29.2 Å². The number of hydrogen-bond acceptors (Lipinski definition) is 5. The Morgan fingerprint density at radius 2 is 2.23 bits per heavy atom. The van der Waals surface area contributed by atoms with E-state index >= 15 is 0 Å². The third-order valence-corrected chi connectivity index (χ3v) is 5.26. The minimum Gasteiger partial charge on any atom is -0.465 e. The van der Waals surface area contributed by atoms with Gasteiger partial charge in [-0.2, -0.15) is 0 Å². The van der Waals surface area contributed by atoms with Gasteiger partial charge in [-0.15, -0.1) is 0 Å². The molecule has 3 rings (SSSR count). The van der Waals surface area contributed by atoms with E-state index in [-0.39, 0.29) is 11.7 Å². The lowest BCUT2D eigenvalue weighted by Crippen LogP contribution is -2.37. The Bertz CT molecular complexity index is 680. The maximum absolute atomic E-state index is 12.8. The Morgan fingerprint density at radius 1 is 1.45 bits per heavy atom. The van der Waals surface area contributed by atoms with Gasteiger partial charge in [0, 0.05) is 10.6 Å². The first-order chi connectivity index (χ1) is 10.5. The minimum absolute atomic E-state index is 0.0506. The topological polar surface area (TPSA) is 55.4 Å². The molecule has 116 valence electrons. The van der Waals surface area contributed by atoms with Crippen LogP contribution in [0.15, 0.2) is 33.7 Å². The molecule has 2 aliphatic rings. The van der Waals surface area contributed by atoms with Gasteiger partial charge >= 0.3 is 5.97 Å². The second kappa shape index (κ2) is 5.80. The summed E-state index contributed by atoms with van der Waals surface area (Å²) in [6, 6.07) is 6.14. The largest absolute Gasteiger partial charge is 0.465 e. The third kappa shape index (κ3) is 2.54. The van der Waals surface area contributed by atoms with Gasteiger partial charge in [-0.3, -0.25) is 9.59 Å². The monoisotopic (exact) mass is 317 g/mol. The first-order valence-electron chi connectivity index (χ1n) is 7.50. The number of ether oxygens (including phenoxy) is 1. The Kier molecular flexibility index (Phi) is 4.00. The van der Waals surface area contributed by atoms with Crippen LogP contribution in [0, 0.1) is 18.8 Å². The highest BCUT2D eigenvalue weighted by Gasteiger charge is 2.42. The normalized spacial score (nSPS) is 23.5. The van der Waals surface area contributed by atoms with Crippen molar-refractivity contribution in [3.63, 3.8) is 0 Å². The van der Waals surface area contributed by atoms with Gasteiger partial charge in [0.15, 0.2) is 5.78 Å². The van der Waals surface area contributed by atoms with Crippen LogP contribution in [0.3, 0.4) is 0 Å². The van der Waals surface area contributed by atoms with Crippen molar-refractivity contribution in [1.82, 2.24) is 0 Å². The van der Waals surface area contributed by atoms with Gasteiger partial charge in [0.25, 0.3) is 0 Å². The highest BCUT2D eigenvalue weighted by atomic mass is 32.2. The summed E-state index contributed by atoms with van der Waals surface area (Å²) in [6.07, 6.45) is 0.685. The molecule has 0 spiro atoms. The third-order valence-electron chi connectivity index (χ3n) is 4.05. The molecule has 22 heavy (non-hydrogen) atoms. The van der Waals surface area contributed by atoms with Crippen molar-refractivity contribution in [3.05, 3.63) is 34.4 Å². The molecular formula is C17H19NO3S. The van der Waals surface area contributed by atoms with Crippen LogP contribution in [0.1, 0.15) is 25.8 Å². The Hall–Kier alpha value is -1.75. The molecule has 1 heterocycles. The lowest BCUT2D eigenvalue weighted by molar-refractivity contribution is -0.152. The van der Waals surface area contributed by atoms with E-state index < -0.39 is 11.9 Å². The molecule has 0 saturated heterocycles. The molecule has 0 saturated carbocycles. The molecule has 5 heteroatoms. The molecule has 4 nitrogen and oxygen atoms in total. The van der Waals surface area contributed by atoms with Crippen LogP contribution in [0.2, 0.25) is 0 Å². The summed E-state index contributed by atoms with van der Waals surface area (Å²) >= 11 is 1.46. The molecule has 0 aromatic heterocycles. The number of anilines is 1. The number of allylic oxidation sites excluding steroid dienone is 2. The van der Waals surface area contributed by atoms with E-state index in [4.69, 9.17) is 4.74 Å². The molecule has 1 aliphatic carbocycles. The zero-order chi connectivity index (χ0) is 15.9. The number of nitrogens with one attached hydrogen (secondary N) is 1. The summed E-state index contributed by atoms with van der Waals surface area (Å²) in [5.74, 6) is -1.25. The lowest BCUT2D eigenvalue weighted by atomic mass is 9.81. The highest BCUT2D eigenvalue weighted by Crippen LogP contribution is 2.46. The van der Waals surface area contributed by atoms with Crippen molar-refractivity contribution in [2.75, 3.05) is 11.9 Å². The first-order valence-corrected chi connectivity index (χ1v) is 8.32. The van der Waals surface area contributed by atoms with Crippen LogP contribution in [0.5, 0.6) is 0 Å². The zero-order valence-corrected chi connectivity index (χ0v) is 13.8. The second-order valence-corrected chi connectivity index (χ2v) is 6.86. The van der Waals surface area contributed by atoms with Gasteiger partial charge in [0.2, 0.25) is 0 Å². The fourth-order valence-electron chi connectivity index (χ4n) is 2.96. The average Bonchev–Trinajstić information content (AvgIpc) is 2.46. The smallest absolute Gasteiger partial charge is 0.317 e. The Labute approximate surface area is 134 Å². The second-order valence-electron chi connectivity index (χ2n) is 5.81. The summed E-state index contributed by atoms with van der Waals surface area (Å²) in [7, 11) is 0. The Morgan fingerprint density at radius 3 is 2.95 bits per heavy atom. The van der Waals surface area contributed by atoms with Gasteiger partial charge in [0.05, 0.1) is 17.2 Å². The molecule has 0 radical (unpaired) electrons. The van der Waals surface area contributed by atoms with Crippen LogP contribution >= 0.6 is 11.8 Å². The van der Waals surface area contributed by atoms with E-state index in [0.29, 0.717) is 17.9 Å². The van der Waals surface area contributed by atoms with Crippen molar-refractivity contribution in [3.8, 4) is 0 Å². The number of carbonyl (C=O) groups excluding carboxylic acids is 2. The summed E-state index contributed by atoms with van der Waals surface area (Å²) in [4.78, 5) is 26.6. The predicted octanol–water partition coefficient (Wildman–Crippen LogP) is 3.51. The molecule has 1 aromatic rings. The van der Waals surface area contributed by atoms with E-state index in [1.54, 1.807) is 6.92 Å². The fourth-order valence-corrected chi connectivity index (χ4v) is 4.14. The van der Waals surface area contributed by atoms with E-state index in [1.165, 1.54) is 11.8 Å². The lowest BCUT2D eigenvalue weighted by Gasteiger charge is -2.33. The van der Waals surface area contributed by atoms with Gasteiger partial charge in [-0.25, -0.2) is 0 Å². The predicted molar refractivity (Wildman–Crippen MR) is 86.6 cm³/mol. The number of fused-ring (bicyclic) bond motifs is 1. The highest BCUT2D eigenvalue weighted by molar-refractivity contribution is 8.04. The van der Waals surface area contributed by atoms with E-state index in [9.17, 15) is 9.59 Å². The number of ketones is 1. The van der Waals surface area contributed by atoms with Crippen LogP contribution < -0.4 is 5.32 Å². The zero-order valence-electron chi connectivity index (χ0n) is 12.9. The number of hydrogen-bond donors (Lipinski definition) is 1. The number of benzene rings is 1. The van der Waals surface area contributed by atoms with Crippen molar-refractivity contribution in [2.24, 2.45) is 11.8 Å². The van der Waals surface area contributed by atoms with Crippen LogP contribution in [0.4, 0.5) is 5.69 Å². The number of Topliss-reactive ketones (excluding diaryl/α,β-unsaturated/α-hetero) is 1. The quantitative estimate of drug-likeness (QED) is 0.668. The first kappa shape index (κ1) is 15.2. The van der Waals surface area contributed by atoms with Gasteiger partial charge in [-0.05, 0) is 43.9 Å². The fraction of sp³-hybridized carbons (Fsp3) is 0.412. The van der Waals surface area contributed by atoms with Gasteiger partial charge in [-0.1, -0.05) is 24.8 Å². The number of carbonyl (C=O) groups is 2. The van der Waals surface area contributed by atoms with Crippen LogP contribution in [-0.2, 0) is 14.3 Å². The van der Waals surface area contributed by atoms with Gasteiger partial charge in [0.1, 0.15) is 5.92 Å². The Balaban J connectivity index is 1.93. The molecule has 0 amide bonds. The molecule has 2 unspecified atom stereocenters. The standard InChI is InChI=1S/C17H19NO3S/c1-4-21-17(20)14-10(3)8-12-16(15(14)19)22-13-7-9(2)5-6-11(13)18-12/h5-7,10,14,18H,4,8H2,1-3H3. The summed E-state index contributed by atoms with van der Waals surface area (Å²) in [5.41, 5.74) is 3.11. The molecule has 1 aromatic carbocycles. The summed E-state index contributed by atoms with van der Waals surface area (Å²) < 4.78 is 5.08. The SMILES string of the molecule is CCOC(=O)C1C(=O)C2=C(CC1C)Nc1ccc(C)cc1S2. The van der Waals surface area contributed by atoms with E-state index in [0.717, 1.165) is 21.8 Å². The average molecular weight is 317 g/mol. The maximum Gasteiger partial charge on any atom is 0.317 e. The van der Waals surface area contributed by atoms with Crippen molar-refractivity contribution in [1.29, 1.82) is 0 Å². The van der Waals surface area contributed by atoms with Crippen LogP contribution in [-0.4, -0.2) is 18.4 Å². The van der Waals surface area contributed by atoms with E-state index in [1.807, 2.05) is 26.0 Å².